The molecule has 0 aliphatic carbocycles. The molecule has 0 unspecified atom stereocenters. The Hall–Kier alpha value is -5.67. The van der Waals surface area contributed by atoms with Gasteiger partial charge < -0.3 is 4.90 Å². The lowest BCUT2D eigenvalue weighted by molar-refractivity contribution is 0.807. The number of anilines is 2. The first-order chi connectivity index (χ1) is 23.5. The molecule has 0 radical (unpaired) electrons. The number of fused-ring (bicyclic) bond motifs is 4. The molecule has 0 fully saturated rings. The molecule has 0 saturated heterocycles. The van der Waals surface area contributed by atoms with Crippen molar-refractivity contribution in [1.29, 1.82) is 0 Å². The van der Waals surface area contributed by atoms with Crippen molar-refractivity contribution in [1.82, 2.24) is 9.55 Å². The predicted molar refractivity (Wildman–Crippen MR) is 203 cm³/mol. The minimum absolute atomic E-state index is 0.282. The van der Waals surface area contributed by atoms with Crippen molar-refractivity contribution in [3.8, 4) is 27.9 Å². The van der Waals surface area contributed by atoms with E-state index in [1.54, 1.807) is 0 Å². The fourth-order valence-corrected chi connectivity index (χ4v) is 7.17. The first-order valence-corrected chi connectivity index (χ1v) is 17.0. The fourth-order valence-electron chi connectivity index (χ4n) is 7.17. The zero-order valence-corrected chi connectivity index (χ0v) is 27.9. The molecule has 0 spiro atoms. The summed E-state index contributed by atoms with van der Waals surface area (Å²) < 4.78 is 2.45. The number of aromatic nitrogens is 2. The maximum Gasteiger partial charge on any atom is 0.162 e. The summed E-state index contributed by atoms with van der Waals surface area (Å²) in [5.74, 6) is 1.48. The molecule has 48 heavy (non-hydrogen) atoms. The summed E-state index contributed by atoms with van der Waals surface area (Å²) in [6.07, 6.45) is 2.34. The van der Waals surface area contributed by atoms with Gasteiger partial charge in [-0.15, -0.1) is 0 Å². The van der Waals surface area contributed by atoms with E-state index in [-0.39, 0.29) is 11.8 Å². The highest BCUT2D eigenvalue weighted by Gasteiger charge is 2.30. The standard InChI is InChI=1S/C45H39N3/c1-30(2)38-27-34(32-17-7-5-8-18-32)28-39(31(3)4)44(38)48-42-26-16-14-24-40(42)46-45(48)43-29-33-19-11-12-22-36(33)37-23-13-15-25-41(37)47(43)35-20-9-6-10-21-35/h5-31H,1-4H3. The monoisotopic (exact) mass is 621 g/mol. The van der Waals surface area contributed by atoms with Crippen LogP contribution in [0, 0.1) is 0 Å². The second-order valence-electron chi connectivity index (χ2n) is 13.2. The Morgan fingerprint density at radius 2 is 1.12 bits per heavy atom. The summed E-state index contributed by atoms with van der Waals surface area (Å²) in [7, 11) is 0. The van der Waals surface area contributed by atoms with Crippen molar-refractivity contribution in [2.45, 2.75) is 39.5 Å². The molecule has 1 aliphatic heterocycles. The van der Waals surface area contributed by atoms with E-state index in [0.29, 0.717) is 0 Å². The number of nitrogens with zero attached hydrogens (tertiary/aromatic N) is 3. The Morgan fingerprint density at radius 1 is 0.542 bits per heavy atom. The molecule has 3 nitrogen and oxygen atoms in total. The van der Waals surface area contributed by atoms with E-state index in [4.69, 9.17) is 4.98 Å². The third kappa shape index (κ3) is 5.03. The van der Waals surface area contributed by atoms with Gasteiger partial charge in [-0.3, -0.25) is 4.57 Å². The van der Waals surface area contributed by atoms with Crippen LogP contribution < -0.4 is 4.90 Å². The van der Waals surface area contributed by atoms with Gasteiger partial charge in [-0.05, 0) is 93.8 Å². The Bertz CT molecular complexity index is 2260. The molecule has 8 rings (SSSR count). The van der Waals surface area contributed by atoms with Crippen LogP contribution in [0.2, 0.25) is 0 Å². The Balaban J connectivity index is 1.50. The van der Waals surface area contributed by atoms with E-state index >= 15 is 0 Å². The van der Waals surface area contributed by atoms with Crippen molar-refractivity contribution in [2.75, 3.05) is 4.90 Å². The average Bonchev–Trinajstić information content (AvgIpc) is 3.43. The van der Waals surface area contributed by atoms with Gasteiger partial charge in [-0.1, -0.05) is 131 Å². The highest BCUT2D eigenvalue weighted by molar-refractivity contribution is 6.04. The predicted octanol–water partition coefficient (Wildman–Crippen LogP) is 12.3. The van der Waals surface area contributed by atoms with Crippen LogP contribution in [-0.4, -0.2) is 9.55 Å². The topological polar surface area (TPSA) is 21.1 Å². The minimum Gasteiger partial charge on any atom is -0.306 e. The summed E-state index contributed by atoms with van der Waals surface area (Å²) in [4.78, 5) is 7.91. The van der Waals surface area contributed by atoms with Gasteiger partial charge >= 0.3 is 0 Å². The molecule has 6 aromatic carbocycles. The van der Waals surface area contributed by atoms with Crippen LogP contribution in [-0.2, 0) is 0 Å². The molecule has 1 aromatic heterocycles. The summed E-state index contributed by atoms with van der Waals surface area (Å²) in [5, 5.41) is 0. The molecule has 234 valence electrons. The van der Waals surface area contributed by atoms with Gasteiger partial charge in [0.2, 0.25) is 0 Å². The minimum atomic E-state index is 0.282. The first-order valence-electron chi connectivity index (χ1n) is 17.0. The molecule has 7 aromatic rings. The molecule has 2 heterocycles. The van der Waals surface area contributed by atoms with Gasteiger partial charge in [0.1, 0.15) is 0 Å². The maximum atomic E-state index is 5.51. The Labute approximate surface area is 283 Å². The molecule has 0 N–H and O–H groups in total. The lowest BCUT2D eigenvalue weighted by atomic mass is 9.88. The number of hydrogen-bond acceptors (Lipinski definition) is 2. The highest BCUT2D eigenvalue weighted by atomic mass is 15.2. The van der Waals surface area contributed by atoms with Gasteiger partial charge in [0.05, 0.1) is 28.1 Å². The largest absolute Gasteiger partial charge is 0.306 e. The molecular weight excluding hydrogens is 583 g/mol. The van der Waals surface area contributed by atoms with E-state index in [1.807, 2.05) is 0 Å². The van der Waals surface area contributed by atoms with Gasteiger partial charge in [-0.2, -0.15) is 0 Å². The third-order valence-electron chi connectivity index (χ3n) is 9.48. The molecule has 0 saturated carbocycles. The molecule has 0 amide bonds. The molecule has 1 aliphatic rings. The van der Waals surface area contributed by atoms with E-state index in [9.17, 15) is 0 Å². The van der Waals surface area contributed by atoms with E-state index in [2.05, 4.69) is 189 Å². The second kappa shape index (κ2) is 12.2. The third-order valence-corrected chi connectivity index (χ3v) is 9.48. The van der Waals surface area contributed by atoms with Crippen molar-refractivity contribution in [2.24, 2.45) is 0 Å². The fraction of sp³-hybridized carbons (Fsp3) is 0.133. The van der Waals surface area contributed by atoms with Crippen molar-refractivity contribution < 1.29 is 0 Å². The summed E-state index contributed by atoms with van der Waals surface area (Å²) in [6.45, 7) is 9.24. The lowest BCUT2D eigenvalue weighted by Crippen LogP contribution is -2.19. The zero-order valence-electron chi connectivity index (χ0n) is 27.9. The van der Waals surface area contributed by atoms with Crippen LogP contribution in [0.1, 0.15) is 62.0 Å². The van der Waals surface area contributed by atoms with Gasteiger partial charge in [0.15, 0.2) is 5.82 Å². The van der Waals surface area contributed by atoms with E-state index in [0.717, 1.165) is 33.9 Å². The van der Waals surface area contributed by atoms with Gasteiger partial charge in [-0.25, -0.2) is 4.98 Å². The van der Waals surface area contributed by atoms with Crippen LogP contribution in [0.15, 0.2) is 146 Å². The van der Waals surface area contributed by atoms with Crippen molar-refractivity contribution >= 4 is 34.2 Å². The van der Waals surface area contributed by atoms with E-state index < -0.39 is 0 Å². The number of rotatable bonds is 6. The van der Waals surface area contributed by atoms with Crippen LogP contribution in [0.4, 0.5) is 11.4 Å². The summed E-state index contributed by atoms with van der Waals surface area (Å²) in [6, 6.07) is 52.3. The average molecular weight is 622 g/mol. The van der Waals surface area contributed by atoms with E-state index in [1.165, 1.54) is 44.6 Å². The number of hydrogen-bond donors (Lipinski definition) is 0. The van der Waals surface area contributed by atoms with Crippen molar-refractivity contribution in [3.05, 3.63) is 168 Å². The maximum absolute atomic E-state index is 5.51. The molecular formula is C45H39N3. The lowest BCUT2D eigenvalue weighted by Gasteiger charge is -2.30. The number of benzene rings is 6. The molecule has 3 heteroatoms. The normalized spacial score (nSPS) is 12.6. The van der Waals surface area contributed by atoms with Crippen LogP contribution in [0.3, 0.4) is 0 Å². The SMILES string of the molecule is CC(C)c1cc(-c2ccccc2)cc(C(C)C)c1-n1c(C2=Cc3ccccc3-c3ccccc3N2c2ccccc2)nc2ccccc21. The quantitative estimate of drug-likeness (QED) is 0.184. The molecule has 0 bridgehead atoms. The Morgan fingerprint density at radius 3 is 1.83 bits per heavy atom. The first kappa shape index (κ1) is 29.7. The number of imidazole rings is 1. The summed E-state index contributed by atoms with van der Waals surface area (Å²) >= 11 is 0. The highest BCUT2D eigenvalue weighted by Crippen LogP contribution is 2.47. The van der Waals surface area contributed by atoms with Gasteiger partial charge in [0, 0.05) is 11.3 Å². The zero-order chi connectivity index (χ0) is 32.8. The van der Waals surface area contributed by atoms with Crippen LogP contribution in [0.25, 0.3) is 50.7 Å². The number of para-hydroxylation sites is 4. The van der Waals surface area contributed by atoms with Crippen molar-refractivity contribution in [3.63, 3.8) is 0 Å². The molecule has 0 atom stereocenters. The second-order valence-corrected chi connectivity index (χ2v) is 13.2. The van der Waals surface area contributed by atoms with Crippen LogP contribution >= 0.6 is 0 Å². The van der Waals surface area contributed by atoms with Crippen LogP contribution in [0.5, 0.6) is 0 Å². The Kier molecular flexibility index (Phi) is 7.53. The summed E-state index contributed by atoms with van der Waals surface area (Å²) in [5.41, 5.74) is 15.2. The smallest absolute Gasteiger partial charge is 0.162 e. The van der Waals surface area contributed by atoms with Gasteiger partial charge in [0.25, 0.3) is 0 Å².